The van der Waals surface area contributed by atoms with E-state index in [1.165, 1.54) is 11.8 Å². The maximum Gasteiger partial charge on any atom is 0.435 e. The van der Waals surface area contributed by atoms with Crippen molar-refractivity contribution in [1.29, 1.82) is 0 Å². The fourth-order valence-electron chi connectivity index (χ4n) is 2.04. The van der Waals surface area contributed by atoms with Crippen LogP contribution in [0, 0.1) is 0 Å². The van der Waals surface area contributed by atoms with E-state index < -0.39 is 11.9 Å². The normalized spacial score (nSPS) is 15.2. The van der Waals surface area contributed by atoms with E-state index in [0.717, 1.165) is 18.9 Å². The third-order valence-corrected chi connectivity index (χ3v) is 3.28. The number of hydrogen-bond acceptors (Lipinski definition) is 3. The second-order valence-electron chi connectivity index (χ2n) is 5.04. The van der Waals surface area contributed by atoms with Gasteiger partial charge in [-0.15, -0.1) is 0 Å². The van der Waals surface area contributed by atoms with Gasteiger partial charge >= 0.3 is 6.18 Å². The van der Waals surface area contributed by atoms with Crippen LogP contribution in [0.4, 0.5) is 13.2 Å². The number of aryl methyl sites for hydroxylation is 1. The molecule has 21 heavy (non-hydrogen) atoms. The van der Waals surface area contributed by atoms with E-state index in [2.05, 4.69) is 10.4 Å². The largest absolute Gasteiger partial charge is 0.435 e. The topological polar surface area (TPSA) is 56.1 Å². The Bertz CT molecular complexity index is 495. The first-order chi connectivity index (χ1) is 9.91. The monoisotopic (exact) mass is 305 g/mol. The van der Waals surface area contributed by atoms with E-state index in [0.29, 0.717) is 18.8 Å². The molecule has 0 aromatic carbocycles. The average Bonchev–Trinajstić information content (AvgIpc) is 3.15. The van der Waals surface area contributed by atoms with Crippen molar-refractivity contribution in [2.75, 3.05) is 20.3 Å². The van der Waals surface area contributed by atoms with Crippen LogP contribution in [0.2, 0.25) is 0 Å². The summed E-state index contributed by atoms with van der Waals surface area (Å²) < 4.78 is 44.2. The number of rotatable bonds is 7. The number of methoxy groups -OCH3 is 1. The number of amides is 1. The van der Waals surface area contributed by atoms with Gasteiger partial charge in [-0.3, -0.25) is 9.48 Å². The number of alkyl halides is 3. The summed E-state index contributed by atoms with van der Waals surface area (Å²) in [5.74, 6) is -0.0805. The van der Waals surface area contributed by atoms with Gasteiger partial charge in [0, 0.05) is 38.2 Å². The first-order valence-corrected chi connectivity index (χ1v) is 6.82. The molecule has 1 aliphatic rings. The molecule has 2 rings (SSSR count). The Morgan fingerprint density at radius 1 is 1.52 bits per heavy atom. The molecular weight excluding hydrogens is 287 g/mol. The number of carbonyl (C=O) groups is 1. The van der Waals surface area contributed by atoms with E-state index in [1.54, 1.807) is 0 Å². The summed E-state index contributed by atoms with van der Waals surface area (Å²) in [7, 11) is 1.52. The molecule has 0 unspecified atom stereocenters. The first-order valence-electron chi connectivity index (χ1n) is 6.82. The van der Waals surface area contributed by atoms with Crippen molar-refractivity contribution >= 4 is 5.91 Å². The second-order valence-corrected chi connectivity index (χ2v) is 5.04. The lowest BCUT2D eigenvalue weighted by Gasteiger charge is -2.07. The zero-order valence-electron chi connectivity index (χ0n) is 11.7. The maximum absolute atomic E-state index is 12.7. The summed E-state index contributed by atoms with van der Waals surface area (Å²) in [5, 5.41) is 6.23. The van der Waals surface area contributed by atoms with Crippen LogP contribution in [0.25, 0.3) is 0 Å². The summed E-state index contributed by atoms with van der Waals surface area (Å²) in [5.41, 5.74) is -0.309. The summed E-state index contributed by atoms with van der Waals surface area (Å²) in [4.78, 5) is 11.6. The minimum absolute atomic E-state index is 0.0996. The Morgan fingerprint density at radius 3 is 2.81 bits per heavy atom. The molecule has 0 atom stereocenters. The molecule has 1 N–H and O–H groups in total. The molecular formula is C13H18F3N3O2. The lowest BCUT2D eigenvalue weighted by molar-refractivity contribution is -0.141. The van der Waals surface area contributed by atoms with E-state index >= 15 is 0 Å². The second kappa shape index (κ2) is 6.46. The van der Waals surface area contributed by atoms with E-state index in [1.807, 2.05) is 0 Å². The molecule has 5 nitrogen and oxygen atoms in total. The van der Waals surface area contributed by atoms with Crippen LogP contribution >= 0.6 is 0 Å². The molecule has 8 heteroatoms. The van der Waals surface area contributed by atoms with Crippen molar-refractivity contribution < 1.29 is 22.7 Å². The Morgan fingerprint density at radius 2 is 2.24 bits per heavy atom. The van der Waals surface area contributed by atoms with Gasteiger partial charge in [0.15, 0.2) is 5.69 Å². The highest BCUT2D eigenvalue weighted by atomic mass is 19.4. The van der Waals surface area contributed by atoms with Gasteiger partial charge in [0.05, 0.1) is 6.61 Å². The number of hydrogen-bond donors (Lipinski definition) is 1. The minimum Gasteiger partial charge on any atom is -0.383 e. The molecule has 0 spiro atoms. The number of aromatic nitrogens is 2. The summed E-state index contributed by atoms with van der Waals surface area (Å²) in [6.45, 7) is 0.942. The minimum atomic E-state index is -4.45. The molecule has 0 bridgehead atoms. The van der Waals surface area contributed by atoms with Crippen molar-refractivity contribution in [3.05, 3.63) is 17.5 Å². The summed E-state index contributed by atoms with van der Waals surface area (Å²) in [6, 6.07) is 1.10. The molecule has 1 amide bonds. The molecule has 1 heterocycles. The van der Waals surface area contributed by atoms with Crippen LogP contribution in [0.1, 0.15) is 36.6 Å². The van der Waals surface area contributed by atoms with Crippen molar-refractivity contribution in [2.45, 2.75) is 37.9 Å². The molecule has 1 aromatic heterocycles. The van der Waals surface area contributed by atoms with E-state index in [-0.39, 0.29) is 24.8 Å². The summed E-state index contributed by atoms with van der Waals surface area (Å²) >= 11 is 0. The SMILES string of the molecule is COCCNC(=O)CCn1nc(C(F)(F)F)cc1C1CC1. The van der Waals surface area contributed by atoms with Gasteiger partial charge in [-0.25, -0.2) is 0 Å². The predicted molar refractivity (Wildman–Crippen MR) is 68.7 cm³/mol. The Balaban J connectivity index is 1.95. The van der Waals surface area contributed by atoms with Crippen LogP contribution in [-0.2, 0) is 22.3 Å². The third-order valence-electron chi connectivity index (χ3n) is 3.28. The highest BCUT2D eigenvalue weighted by Gasteiger charge is 2.37. The zero-order chi connectivity index (χ0) is 15.5. The van der Waals surface area contributed by atoms with E-state index in [4.69, 9.17) is 4.74 Å². The molecule has 0 radical (unpaired) electrons. The van der Waals surface area contributed by atoms with Crippen LogP contribution in [0.5, 0.6) is 0 Å². The third kappa shape index (κ3) is 4.45. The van der Waals surface area contributed by atoms with Crippen molar-refractivity contribution in [3.8, 4) is 0 Å². The smallest absolute Gasteiger partial charge is 0.383 e. The first kappa shape index (κ1) is 15.8. The number of halogens is 3. The predicted octanol–water partition coefficient (Wildman–Crippen LogP) is 1.93. The highest BCUT2D eigenvalue weighted by molar-refractivity contribution is 5.75. The lowest BCUT2D eigenvalue weighted by atomic mass is 10.2. The summed E-state index contributed by atoms with van der Waals surface area (Å²) in [6.07, 6.45) is -2.59. The molecule has 0 saturated heterocycles. The molecule has 1 aliphatic carbocycles. The van der Waals surface area contributed by atoms with Crippen molar-refractivity contribution in [1.82, 2.24) is 15.1 Å². The Kier molecular flexibility index (Phi) is 4.87. The van der Waals surface area contributed by atoms with Crippen LogP contribution < -0.4 is 5.32 Å². The Labute approximate surface area is 120 Å². The lowest BCUT2D eigenvalue weighted by Crippen LogP contribution is -2.28. The van der Waals surface area contributed by atoms with Gasteiger partial charge in [0.1, 0.15) is 0 Å². The highest BCUT2D eigenvalue weighted by Crippen LogP contribution is 2.42. The standard InChI is InChI=1S/C13H18F3N3O2/c1-21-7-5-17-12(20)4-6-19-10(9-2-3-9)8-11(18-19)13(14,15)16/h8-9H,2-7H2,1H3,(H,17,20). The quantitative estimate of drug-likeness (QED) is 0.783. The Hall–Kier alpha value is -1.57. The molecule has 1 fully saturated rings. The fourth-order valence-corrected chi connectivity index (χ4v) is 2.04. The van der Waals surface area contributed by atoms with Gasteiger partial charge in [0.25, 0.3) is 0 Å². The van der Waals surface area contributed by atoms with Gasteiger partial charge in [-0.05, 0) is 18.9 Å². The van der Waals surface area contributed by atoms with Crippen LogP contribution in [-0.4, -0.2) is 35.9 Å². The fraction of sp³-hybridized carbons (Fsp3) is 0.692. The van der Waals surface area contributed by atoms with Crippen molar-refractivity contribution in [2.24, 2.45) is 0 Å². The van der Waals surface area contributed by atoms with Crippen LogP contribution in [0.15, 0.2) is 6.07 Å². The molecule has 118 valence electrons. The van der Waals surface area contributed by atoms with Crippen LogP contribution in [0.3, 0.4) is 0 Å². The number of nitrogens with one attached hydrogen (secondary N) is 1. The average molecular weight is 305 g/mol. The number of carbonyl (C=O) groups excluding carboxylic acids is 1. The van der Waals surface area contributed by atoms with E-state index in [9.17, 15) is 18.0 Å². The van der Waals surface area contributed by atoms with Gasteiger partial charge in [0.2, 0.25) is 5.91 Å². The molecule has 1 aromatic rings. The maximum atomic E-state index is 12.7. The van der Waals surface area contributed by atoms with Gasteiger partial charge < -0.3 is 10.1 Å². The van der Waals surface area contributed by atoms with Gasteiger partial charge in [-0.2, -0.15) is 18.3 Å². The zero-order valence-corrected chi connectivity index (χ0v) is 11.7. The number of ether oxygens (including phenoxy) is 1. The molecule has 0 aliphatic heterocycles. The molecule has 1 saturated carbocycles. The van der Waals surface area contributed by atoms with Gasteiger partial charge in [-0.1, -0.05) is 0 Å². The number of nitrogens with zero attached hydrogens (tertiary/aromatic N) is 2. The van der Waals surface area contributed by atoms with Crippen molar-refractivity contribution in [3.63, 3.8) is 0 Å².